The molecule has 2 rings (SSSR count). The minimum atomic E-state index is -4.07. The van der Waals surface area contributed by atoms with Gasteiger partial charge in [0.25, 0.3) is 0 Å². The van der Waals surface area contributed by atoms with Gasteiger partial charge in [-0.2, -0.15) is 5.10 Å². The Morgan fingerprint density at radius 3 is 2.71 bits per heavy atom. The Labute approximate surface area is 126 Å². The lowest BCUT2D eigenvalue weighted by molar-refractivity contribution is 0.557. The van der Waals surface area contributed by atoms with E-state index < -0.39 is 20.7 Å². The Kier molecular flexibility index (Phi) is 4.22. The maximum Gasteiger partial charge on any atom is 0.243 e. The number of nitrogens with zero attached hydrogens (tertiary/aromatic N) is 2. The number of hydrogen-bond acceptors (Lipinski definition) is 4. The molecule has 0 amide bonds. The summed E-state index contributed by atoms with van der Waals surface area (Å²) in [5, 5.41) is 3.76. The van der Waals surface area contributed by atoms with Crippen molar-refractivity contribution in [3.05, 3.63) is 40.4 Å². The lowest BCUT2D eigenvalue weighted by Crippen LogP contribution is -2.24. The Morgan fingerprint density at radius 1 is 1.48 bits per heavy atom. The molecule has 114 valence electrons. The third-order valence-corrected chi connectivity index (χ3v) is 4.55. The number of nitrogen functional groups attached to an aromatic ring is 1. The van der Waals surface area contributed by atoms with E-state index in [4.69, 9.17) is 17.3 Å². The molecular formula is C12H14ClFN4O2S. The number of anilines is 1. The number of sulfonamides is 1. The van der Waals surface area contributed by atoms with Gasteiger partial charge in [0.05, 0.1) is 10.7 Å². The standard InChI is InChI=1S/C12H14ClFN4O2S/c1-7-8(6-18(2)17-7)5-16-21(19,20)11-4-9(15)3-10(13)12(11)14/h3-4,6,16H,5,15H2,1-2H3. The summed E-state index contributed by atoms with van der Waals surface area (Å²) in [6, 6.07) is 2.18. The molecule has 9 heteroatoms. The summed E-state index contributed by atoms with van der Waals surface area (Å²) in [5.74, 6) is -1.03. The van der Waals surface area contributed by atoms with Gasteiger partial charge in [0.2, 0.25) is 10.0 Å². The zero-order valence-corrected chi connectivity index (χ0v) is 13.0. The molecule has 0 aliphatic rings. The summed E-state index contributed by atoms with van der Waals surface area (Å²) in [5.41, 5.74) is 6.95. The fourth-order valence-electron chi connectivity index (χ4n) is 1.85. The van der Waals surface area contributed by atoms with Gasteiger partial charge in [-0.1, -0.05) is 11.6 Å². The molecule has 1 heterocycles. The van der Waals surface area contributed by atoms with Crippen LogP contribution in [0.5, 0.6) is 0 Å². The third kappa shape index (κ3) is 3.34. The predicted octanol–water partition coefficient (Wildman–Crippen LogP) is 1.58. The van der Waals surface area contributed by atoms with Crippen LogP contribution in [0.4, 0.5) is 10.1 Å². The number of benzene rings is 1. The number of nitrogens with two attached hydrogens (primary N) is 1. The van der Waals surface area contributed by atoms with Crippen LogP contribution < -0.4 is 10.5 Å². The van der Waals surface area contributed by atoms with Crippen LogP contribution >= 0.6 is 11.6 Å². The second-order valence-electron chi connectivity index (χ2n) is 4.55. The van der Waals surface area contributed by atoms with E-state index in [2.05, 4.69) is 9.82 Å². The van der Waals surface area contributed by atoms with Crippen LogP contribution in [0.1, 0.15) is 11.3 Å². The van der Waals surface area contributed by atoms with Crippen LogP contribution in [0, 0.1) is 12.7 Å². The van der Waals surface area contributed by atoms with Crippen molar-refractivity contribution in [3.63, 3.8) is 0 Å². The first-order chi connectivity index (χ1) is 9.70. The van der Waals surface area contributed by atoms with Crippen molar-refractivity contribution in [2.45, 2.75) is 18.4 Å². The molecular weight excluding hydrogens is 319 g/mol. The van der Waals surface area contributed by atoms with Gasteiger partial charge in [-0.05, 0) is 19.1 Å². The molecule has 0 spiro atoms. The van der Waals surface area contributed by atoms with Gasteiger partial charge in [0.15, 0.2) is 5.82 Å². The minimum absolute atomic E-state index is 0.00609. The van der Waals surface area contributed by atoms with Crippen LogP contribution in [0.25, 0.3) is 0 Å². The molecule has 0 aliphatic heterocycles. The summed E-state index contributed by atoms with van der Waals surface area (Å²) in [7, 11) is -2.34. The smallest absolute Gasteiger partial charge is 0.243 e. The number of rotatable bonds is 4. The summed E-state index contributed by atoms with van der Waals surface area (Å²) in [6.07, 6.45) is 1.68. The normalized spacial score (nSPS) is 11.8. The highest BCUT2D eigenvalue weighted by Crippen LogP contribution is 2.25. The molecule has 0 aliphatic carbocycles. The van der Waals surface area contributed by atoms with Gasteiger partial charge >= 0.3 is 0 Å². The van der Waals surface area contributed by atoms with Gasteiger partial charge in [0, 0.05) is 31.0 Å². The first-order valence-corrected chi connectivity index (χ1v) is 7.80. The van der Waals surface area contributed by atoms with E-state index in [1.165, 1.54) is 0 Å². The van der Waals surface area contributed by atoms with Gasteiger partial charge in [0.1, 0.15) is 4.90 Å². The molecule has 1 aromatic carbocycles. The van der Waals surface area contributed by atoms with Gasteiger partial charge in [-0.25, -0.2) is 17.5 Å². The largest absolute Gasteiger partial charge is 0.399 e. The molecule has 0 fully saturated rings. The topological polar surface area (TPSA) is 90.0 Å². The molecule has 0 saturated carbocycles. The number of hydrogen-bond donors (Lipinski definition) is 2. The van der Waals surface area contributed by atoms with E-state index in [9.17, 15) is 12.8 Å². The zero-order chi connectivity index (χ0) is 15.8. The Bertz CT molecular complexity index is 789. The van der Waals surface area contributed by atoms with Crippen LogP contribution in [0.15, 0.2) is 23.2 Å². The van der Waals surface area contributed by atoms with Gasteiger partial charge < -0.3 is 5.73 Å². The summed E-state index contributed by atoms with van der Waals surface area (Å²) in [4.78, 5) is -0.575. The molecule has 0 atom stereocenters. The zero-order valence-electron chi connectivity index (χ0n) is 11.4. The quantitative estimate of drug-likeness (QED) is 0.832. The highest BCUT2D eigenvalue weighted by atomic mass is 35.5. The molecule has 2 aromatic rings. The van der Waals surface area contributed by atoms with Crippen LogP contribution in [0.2, 0.25) is 5.02 Å². The number of nitrogens with one attached hydrogen (secondary N) is 1. The Morgan fingerprint density at radius 2 is 2.14 bits per heavy atom. The van der Waals surface area contributed by atoms with E-state index in [1.807, 2.05) is 0 Å². The number of halogens is 2. The highest BCUT2D eigenvalue weighted by molar-refractivity contribution is 7.89. The van der Waals surface area contributed by atoms with Crippen molar-refractivity contribution in [1.29, 1.82) is 0 Å². The van der Waals surface area contributed by atoms with Crippen LogP contribution in [-0.4, -0.2) is 18.2 Å². The second kappa shape index (κ2) is 5.63. The third-order valence-electron chi connectivity index (χ3n) is 2.87. The van der Waals surface area contributed by atoms with E-state index in [-0.39, 0.29) is 17.3 Å². The maximum absolute atomic E-state index is 13.9. The maximum atomic E-state index is 13.9. The van der Waals surface area contributed by atoms with Crippen molar-refractivity contribution >= 4 is 27.3 Å². The Hall–Kier alpha value is -1.64. The first-order valence-electron chi connectivity index (χ1n) is 5.94. The molecule has 6 nitrogen and oxygen atoms in total. The first kappa shape index (κ1) is 15.7. The average Bonchev–Trinajstić information content (AvgIpc) is 2.70. The number of aromatic nitrogens is 2. The fraction of sp³-hybridized carbons (Fsp3) is 0.250. The van der Waals surface area contributed by atoms with Gasteiger partial charge in [-0.15, -0.1) is 0 Å². The second-order valence-corrected chi connectivity index (χ2v) is 6.70. The van der Waals surface area contributed by atoms with Crippen molar-refractivity contribution in [1.82, 2.24) is 14.5 Å². The van der Waals surface area contributed by atoms with E-state index in [1.54, 1.807) is 24.9 Å². The van der Waals surface area contributed by atoms with Crippen LogP contribution in [0.3, 0.4) is 0 Å². The lowest BCUT2D eigenvalue weighted by atomic mass is 10.3. The summed E-state index contributed by atoms with van der Waals surface area (Å²) in [6.45, 7) is 1.75. The molecule has 0 bridgehead atoms. The minimum Gasteiger partial charge on any atom is -0.399 e. The Balaban J connectivity index is 2.29. The molecule has 0 unspecified atom stereocenters. The van der Waals surface area contributed by atoms with Crippen molar-refractivity contribution < 1.29 is 12.8 Å². The summed E-state index contributed by atoms with van der Waals surface area (Å²) >= 11 is 5.61. The van der Waals surface area contributed by atoms with E-state index in [0.29, 0.717) is 11.3 Å². The monoisotopic (exact) mass is 332 g/mol. The molecule has 21 heavy (non-hydrogen) atoms. The average molecular weight is 333 g/mol. The van der Waals surface area contributed by atoms with Gasteiger partial charge in [-0.3, -0.25) is 4.68 Å². The molecule has 3 N–H and O–H groups in total. The molecule has 0 radical (unpaired) electrons. The van der Waals surface area contributed by atoms with Crippen molar-refractivity contribution in [3.8, 4) is 0 Å². The lowest BCUT2D eigenvalue weighted by Gasteiger charge is -2.09. The predicted molar refractivity (Wildman–Crippen MR) is 77.8 cm³/mol. The fourth-order valence-corrected chi connectivity index (χ4v) is 3.27. The van der Waals surface area contributed by atoms with Crippen LogP contribution in [-0.2, 0) is 23.6 Å². The number of aryl methyl sites for hydroxylation is 2. The van der Waals surface area contributed by atoms with E-state index >= 15 is 0 Å². The molecule has 1 aromatic heterocycles. The molecule has 0 saturated heterocycles. The SMILES string of the molecule is Cc1nn(C)cc1CNS(=O)(=O)c1cc(N)cc(Cl)c1F. The van der Waals surface area contributed by atoms with Crippen molar-refractivity contribution in [2.24, 2.45) is 7.05 Å². The van der Waals surface area contributed by atoms with E-state index in [0.717, 1.165) is 12.1 Å². The summed E-state index contributed by atoms with van der Waals surface area (Å²) < 4.78 is 42.0. The highest BCUT2D eigenvalue weighted by Gasteiger charge is 2.22. The van der Waals surface area contributed by atoms with Crippen molar-refractivity contribution in [2.75, 3.05) is 5.73 Å².